The van der Waals surface area contributed by atoms with E-state index in [4.69, 9.17) is 9.84 Å². The van der Waals surface area contributed by atoms with Crippen LogP contribution < -0.4 is 9.64 Å². The van der Waals surface area contributed by atoms with Gasteiger partial charge < -0.3 is 14.7 Å². The summed E-state index contributed by atoms with van der Waals surface area (Å²) in [6, 6.07) is 4.77. The third kappa shape index (κ3) is 2.98. The van der Waals surface area contributed by atoms with Gasteiger partial charge in [-0.25, -0.2) is 13.2 Å². The molecule has 0 aromatic heterocycles. The second-order valence-corrected chi connectivity index (χ2v) is 6.63. The number of carbonyl (C=O) groups is 1. The lowest BCUT2D eigenvalue weighted by Crippen LogP contribution is -2.40. The molecule has 1 aliphatic heterocycles. The van der Waals surface area contributed by atoms with E-state index in [0.717, 1.165) is 5.69 Å². The monoisotopic (exact) mass is 285 g/mol. The first-order chi connectivity index (χ1) is 8.93. The molecule has 6 nitrogen and oxygen atoms in total. The molecule has 1 aliphatic rings. The van der Waals surface area contributed by atoms with Gasteiger partial charge in [0.15, 0.2) is 9.84 Å². The average molecular weight is 285 g/mol. The summed E-state index contributed by atoms with van der Waals surface area (Å²) >= 11 is 0. The van der Waals surface area contributed by atoms with Crippen LogP contribution in [0.5, 0.6) is 5.75 Å². The highest BCUT2D eigenvalue weighted by Crippen LogP contribution is 2.26. The Morgan fingerprint density at radius 1 is 1.32 bits per heavy atom. The van der Waals surface area contributed by atoms with Crippen molar-refractivity contribution in [3.8, 4) is 5.75 Å². The van der Waals surface area contributed by atoms with E-state index in [1.807, 2.05) is 4.90 Å². The molecule has 0 radical (unpaired) electrons. The van der Waals surface area contributed by atoms with Crippen molar-refractivity contribution >= 4 is 21.5 Å². The largest absolute Gasteiger partial charge is 0.496 e. The van der Waals surface area contributed by atoms with Crippen LogP contribution in [0.2, 0.25) is 0 Å². The summed E-state index contributed by atoms with van der Waals surface area (Å²) < 4.78 is 27.8. The summed E-state index contributed by atoms with van der Waals surface area (Å²) in [6.07, 6.45) is 0. The second-order valence-electron chi connectivity index (χ2n) is 4.33. The molecule has 0 atom stereocenters. The van der Waals surface area contributed by atoms with Gasteiger partial charge >= 0.3 is 5.97 Å². The van der Waals surface area contributed by atoms with Crippen LogP contribution in [-0.2, 0) is 9.84 Å². The Morgan fingerprint density at radius 3 is 2.47 bits per heavy atom. The lowest BCUT2D eigenvalue weighted by atomic mass is 10.1. The van der Waals surface area contributed by atoms with Crippen molar-refractivity contribution in [2.45, 2.75) is 0 Å². The van der Waals surface area contributed by atoms with Gasteiger partial charge in [0.2, 0.25) is 0 Å². The van der Waals surface area contributed by atoms with Crippen molar-refractivity contribution in [3.05, 3.63) is 23.8 Å². The molecule has 7 heteroatoms. The van der Waals surface area contributed by atoms with E-state index in [-0.39, 0.29) is 22.8 Å². The maximum absolute atomic E-state index is 11.4. The van der Waals surface area contributed by atoms with Crippen LogP contribution >= 0.6 is 0 Å². The van der Waals surface area contributed by atoms with Gasteiger partial charge in [0, 0.05) is 24.8 Å². The van der Waals surface area contributed by atoms with E-state index in [2.05, 4.69) is 0 Å². The van der Waals surface area contributed by atoms with Crippen molar-refractivity contribution < 1.29 is 23.1 Å². The minimum atomic E-state index is -2.93. The standard InChI is InChI=1S/C12H15NO5S/c1-18-11-8-9(2-3-10(11)12(14)15)13-4-6-19(16,17)7-5-13/h2-3,8H,4-7H2,1H3,(H,14,15). The van der Waals surface area contributed by atoms with E-state index < -0.39 is 15.8 Å². The SMILES string of the molecule is COc1cc(N2CCS(=O)(=O)CC2)ccc1C(=O)O. The molecule has 19 heavy (non-hydrogen) atoms. The van der Waals surface area contributed by atoms with Gasteiger partial charge in [0.25, 0.3) is 0 Å². The van der Waals surface area contributed by atoms with Crippen LogP contribution in [0, 0.1) is 0 Å². The summed E-state index contributed by atoms with van der Waals surface area (Å²) in [5.74, 6) is -0.533. The quantitative estimate of drug-likeness (QED) is 0.877. The van der Waals surface area contributed by atoms with Gasteiger partial charge in [-0.1, -0.05) is 0 Å². The molecule has 1 aromatic rings. The molecule has 0 amide bonds. The zero-order valence-electron chi connectivity index (χ0n) is 10.5. The van der Waals surface area contributed by atoms with Gasteiger partial charge in [0.1, 0.15) is 11.3 Å². The summed E-state index contributed by atoms with van der Waals surface area (Å²) in [6.45, 7) is 0.829. The van der Waals surface area contributed by atoms with Gasteiger partial charge in [0.05, 0.1) is 18.6 Å². The summed E-state index contributed by atoms with van der Waals surface area (Å²) in [5.41, 5.74) is 0.868. The minimum absolute atomic E-state index is 0.0934. The van der Waals surface area contributed by atoms with Gasteiger partial charge in [-0.3, -0.25) is 0 Å². The summed E-state index contributed by atoms with van der Waals surface area (Å²) in [5, 5.41) is 8.99. The number of hydrogen-bond donors (Lipinski definition) is 1. The van der Waals surface area contributed by atoms with Crippen molar-refractivity contribution in [2.75, 3.05) is 36.6 Å². The van der Waals surface area contributed by atoms with Gasteiger partial charge in [-0.15, -0.1) is 0 Å². The van der Waals surface area contributed by atoms with E-state index in [0.29, 0.717) is 13.1 Å². The summed E-state index contributed by atoms with van der Waals surface area (Å²) in [4.78, 5) is 12.9. The number of carboxylic acid groups (broad SMARTS) is 1. The van der Waals surface area contributed by atoms with Gasteiger partial charge in [-0.2, -0.15) is 0 Å². The Morgan fingerprint density at radius 2 is 1.95 bits per heavy atom. The predicted molar refractivity (Wildman–Crippen MR) is 70.8 cm³/mol. The summed E-state index contributed by atoms with van der Waals surface area (Å²) in [7, 11) is -1.52. The van der Waals surface area contributed by atoms with Crippen molar-refractivity contribution in [2.24, 2.45) is 0 Å². The normalized spacial score (nSPS) is 18.1. The zero-order chi connectivity index (χ0) is 14.0. The molecule has 1 saturated heterocycles. The topological polar surface area (TPSA) is 83.9 Å². The Balaban J connectivity index is 2.25. The molecule has 1 aromatic carbocycles. The molecule has 1 fully saturated rings. The lowest BCUT2D eigenvalue weighted by Gasteiger charge is -2.29. The first-order valence-electron chi connectivity index (χ1n) is 5.79. The maximum Gasteiger partial charge on any atom is 0.339 e. The highest BCUT2D eigenvalue weighted by atomic mass is 32.2. The number of aromatic carboxylic acids is 1. The molecular formula is C12H15NO5S. The second kappa shape index (κ2) is 5.08. The molecule has 0 bridgehead atoms. The van der Waals surface area contributed by atoms with Crippen LogP contribution in [0.15, 0.2) is 18.2 Å². The smallest absolute Gasteiger partial charge is 0.339 e. The molecule has 1 N–H and O–H groups in total. The molecule has 0 spiro atoms. The Labute approximate surface area is 111 Å². The van der Waals surface area contributed by atoms with Crippen LogP contribution in [0.25, 0.3) is 0 Å². The number of nitrogens with zero attached hydrogens (tertiary/aromatic N) is 1. The minimum Gasteiger partial charge on any atom is -0.496 e. The highest BCUT2D eigenvalue weighted by Gasteiger charge is 2.22. The third-order valence-electron chi connectivity index (χ3n) is 3.13. The van der Waals surface area contributed by atoms with E-state index >= 15 is 0 Å². The molecule has 104 valence electrons. The van der Waals surface area contributed by atoms with Crippen LogP contribution in [0.4, 0.5) is 5.69 Å². The first-order valence-corrected chi connectivity index (χ1v) is 7.62. The number of benzene rings is 1. The van der Waals surface area contributed by atoms with Gasteiger partial charge in [-0.05, 0) is 12.1 Å². The fourth-order valence-corrected chi connectivity index (χ4v) is 3.23. The first kappa shape index (κ1) is 13.7. The number of ether oxygens (including phenoxy) is 1. The number of hydrogen-bond acceptors (Lipinski definition) is 5. The fraction of sp³-hybridized carbons (Fsp3) is 0.417. The molecule has 2 rings (SSSR count). The number of anilines is 1. The molecule has 1 heterocycles. The van der Waals surface area contributed by atoms with Crippen LogP contribution in [0.1, 0.15) is 10.4 Å². The number of sulfone groups is 1. The average Bonchev–Trinajstić information content (AvgIpc) is 2.37. The Bertz CT molecular complexity index is 582. The van der Waals surface area contributed by atoms with E-state index in [9.17, 15) is 13.2 Å². The number of rotatable bonds is 3. The third-order valence-corrected chi connectivity index (χ3v) is 4.73. The maximum atomic E-state index is 11.4. The lowest BCUT2D eigenvalue weighted by molar-refractivity contribution is 0.0693. The number of methoxy groups -OCH3 is 1. The van der Waals surface area contributed by atoms with Crippen molar-refractivity contribution in [1.82, 2.24) is 0 Å². The molecule has 0 unspecified atom stereocenters. The van der Waals surface area contributed by atoms with E-state index in [1.165, 1.54) is 13.2 Å². The van der Waals surface area contributed by atoms with Crippen molar-refractivity contribution in [1.29, 1.82) is 0 Å². The highest BCUT2D eigenvalue weighted by molar-refractivity contribution is 7.91. The van der Waals surface area contributed by atoms with Crippen molar-refractivity contribution in [3.63, 3.8) is 0 Å². The van der Waals surface area contributed by atoms with Crippen LogP contribution in [-0.4, -0.2) is 51.2 Å². The fourth-order valence-electron chi connectivity index (χ4n) is 2.02. The molecule has 0 aliphatic carbocycles. The Kier molecular flexibility index (Phi) is 3.66. The zero-order valence-corrected chi connectivity index (χ0v) is 11.3. The molecular weight excluding hydrogens is 270 g/mol. The Hall–Kier alpha value is -1.76. The molecule has 0 saturated carbocycles. The number of carboxylic acids is 1. The predicted octanol–water partition coefficient (Wildman–Crippen LogP) is 0.628. The van der Waals surface area contributed by atoms with Crippen LogP contribution in [0.3, 0.4) is 0 Å². The van der Waals surface area contributed by atoms with E-state index in [1.54, 1.807) is 12.1 Å².